The second-order valence-electron chi connectivity index (χ2n) is 10.2. The van der Waals surface area contributed by atoms with Crippen molar-refractivity contribution in [2.45, 2.75) is 27.7 Å². The van der Waals surface area contributed by atoms with E-state index in [1.54, 1.807) is 0 Å². The van der Waals surface area contributed by atoms with Crippen LogP contribution in [0.15, 0.2) is 97.1 Å². The number of benzene rings is 4. The minimum Gasteiger partial charge on any atom is -0.338 e. The molecule has 42 heavy (non-hydrogen) atoms. The van der Waals surface area contributed by atoms with Gasteiger partial charge >= 0.3 is 0 Å². The Bertz CT molecular complexity index is 1760. The number of hydrogen-bond acceptors (Lipinski definition) is 8. The molecule has 0 aliphatic heterocycles. The molecule has 2 heterocycles. The van der Waals surface area contributed by atoms with Crippen LogP contribution in [0.4, 0.5) is 46.3 Å². The molecule has 0 saturated heterocycles. The van der Waals surface area contributed by atoms with Crippen molar-refractivity contribution in [1.82, 2.24) is 19.9 Å². The van der Waals surface area contributed by atoms with Gasteiger partial charge in [0.05, 0.1) is 0 Å². The number of nitrogens with one attached hydrogen (secondary N) is 4. The van der Waals surface area contributed by atoms with Crippen molar-refractivity contribution >= 4 is 57.3 Å². The zero-order valence-corrected chi connectivity index (χ0v) is 24.0. The molecule has 4 aromatic carbocycles. The Morgan fingerprint density at radius 2 is 0.643 bits per heavy atom. The third kappa shape index (κ3) is 5.69. The zero-order valence-electron chi connectivity index (χ0n) is 24.0. The summed E-state index contributed by atoms with van der Waals surface area (Å²) in [6.07, 6.45) is 0. The Kier molecular flexibility index (Phi) is 7.34. The van der Waals surface area contributed by atoms with E-state index in [1.807, 2.05) is 98.8 Å². The number of fused-ring (bicyclic) bond motifs is 1. The van der Waals surface area contributed by atoms with Gasteiger partial charge in [0.1, 0.15) is 11.0 Å². The van der Waals surface area contributed by atoms with Crippen molar-refractivity contribution in [2.24, 2.45) is 0 Å². The number of rotatable bonds is 8. The molecule has 0 saturated carbocycles. The standard InChI is InChI=1S/C34H32N8/c1-21-13-5-9-17-25(21)35-31-29-30(40-33(41-31)37-27-19-11-7-15-23(27)3)32(36-26-18-10-6-14-22(26)2)42-34(39-29)38-28-20-12-8-16-24(28)4/h5-20H,1-4H3,(H2,35,37,40,41)(H2,36,38,39,42). The molecule has 0 radical (unpaired) electrons. The van der Waals surface area contributed by atoms with Crippen molar-refractivity contribution in [3.05, 3.63) is 119 Å². The molecule has 8 nitrogen and oxygen atoms in total. The summed E-state index contributed by atoms with van der Waals surface area (Å²) in [6.45, 7) is 8.22. The summed E-state index contributed by atoms with van der Waals surface area (Å²) >= 11 is 0. The van der Waals surface area contributed by atoms with Crippen LogP contribution in [0.5, 0.6) is 0 Å². The first kappa shape index (κ1) is 26.7. The molecule has 0 aliphatic carbocycles. The summed E-state index contributed by atoms with van der Waals surface area (Å²) in [7, 11) is 0. The molecule has 8 heteroatoms. The summed E-state index contributed by atoms with van der Waals surface area (Å²) in [5.41, 5.74) is 9.21. The maximum Gasteiger partial charge on any atom is 0.230 e. The molecule has 0 atom stereocenters. The summed E-state index contributed by atoms with van der Waals surface area (Å²) in [6, 6.07) is 32.3. The van der Waals surface area contributed by atoms with Gasteiger partial charge in [-0.05, 0) is 74.2 Å². The third-order valence-corrected chi connectivity index (χ3v) is 7.12. The SMILES string of the molecule is Cc1ccccc1Nc1nc(Nc2ccccc2C)c2nc(Nc3ccccc3C)nc(Nc3ccccc3C)c2n1. The number of aryl methyl sites for hydroxylation is 4. The van der Waals surface area contributed by atoms with Gasteiger partial charge in [-0.15, -0.1) is 0 Å². The Morgan fingerprint density at radius 1 is 0.357 bits per heavy atom. The highest BCUT2D eigenvalue weighted by Gasteiger charge is 2.19. The summed E-state index contributed by atoms with van der Waals surface area (Å²) in [5.74, 6) is 2.00. The number of para-hydroxylation sites is 4. The first-order valence-corrected chi connectivity index (χ1v) is 13.8. The minimum atomic E-state index is 0.434. The molecule has 0 amide bonds. The predicted molar refractivity (Wildman–Crippen MR) is 173 cm³/mol. The molecule has 6 rings (SSSR count). The quantitative estimate of drug-likeness (QED) is 0.149. The van der Waals surface area contributed by atoms with Crippen LogP contribution in [0.25, 0.3) is 11.0 Å². The van der Waals surface area contributed by atoms with E-state index in [4.69, 9.17) is 19.9 Å². The van der Waals surface area contributed by atoms with Crippen molar-refractivity contribution in [3.8, 4) is 0 Å². The molecule has 0 aliphatic rings. The summed E-state index contributed by atoms with van der Waals surface area (Å²) in [4.78, 5) is 19.8. The fraction of sp³-hybridized carbons (Fsp3) is 0.118. The maximum atomic E-state index is 4.95. The van der Waals surface area contributed by atoms with Crippen LogP contribution >= 0.6 is 0 Å². The molecular formula is C34H32N8. The van der Waals surface area contributed by atoms with Gasteiger partial charge in [-0.1, -0.05) is 72.8 Å². The zero-order chi connectivity index (χ0) is 29.1. The van der Waals surface area contributed by atoms with E-state index in [1.165, 1.54) is 0 Å². The van der Waals surface area contributed by atoms with E-state index in [9.17, 15) is 0 Å². The lowest BCUT2D eigenvalue weighted by Gasteiger charge is -2.17. The second-order valence-corrected chi connectivity index (χ2v) is 10.2. The Morgan fingerprint density at radius 3 is 0.952 bits per heavy atom. The highest BCUT2D eigenvalue weighted by Crippen LogP contribution is 2.33. The van der Waals surface area contributed by atoms with E-state index < -0.39 is 0 Å². The number of anilines is 8. The number of aromatic nitrogens is 4. The van der Waals surface area contributed by atoms with E-state index in [2.05, 4.69) is 47.2 Å². The minimum absolute atomic E-state index is 0.434. The molecule has 208 valence electrons. The monoisotopic (exact) mass is 552 g/mol. The molecule has 0 fully saturated rings. The van der Waals surface area contributed by atoms with Gasteiger partial charge in [0.25, 0.3) is 0 Å². The Balaban J connectivity index is 1.56. The van der Waals surface area contributed by atoms with Crippen molar-refractivity contribution in [3.63, 3.8) is 0 Å². The summed E-state index contributed by atoms with van der Waals surface area (Å²) in [5, 5.41) is 13.9. The molecular weight excluding hydrogens is 520 g/mol. The van der Waals surface area contributed by atoms with Crippen molar-refractivity contribution in [2.75, 3.05) is 21.3 Å². The average molecular weight is 553 g/mol. The topological polar surface area (TPSA) is 99.7 Å². The highest BCUT2D eigenvalue weighted by atomic mass is 15.2. The highest BCUT2D eigenvalue weighted by molar-refractivity contribution is 5.97. The number of nitrogens with zero attached hydrogens (tertiary/aromatic N) is 4. The molecule has 4 N–H and O–H groups in total. The fourth-order valence-electron chi connectivity index (χ4n) is 4.65. The van der Waals surface area contributed by atoms with Gasteiger partial charge in [0.15, 0.2) is 11.6 Å². The molecule has 2 aromatic heterocycles. The second kappa shape index (κ2) is 11.5. The van der Waals surface area contributed by atoms with Gasteiger partial charge in [0.2, 0.25) is 11.9 Å². The van der Waals surface area contributed by atoms with Gasteiger partial charge < -0.3 is 21.3 Å². The van der Waals surface area contributed by atoms with Crippen LogP contribution in [0.1, 0.15) is 22.3 Å². The van der Waals surface area contributed by atoms with E-state index >= 15 is 0 Å². The molecule has 0 spiro atoms. The molecule has 6 aromatic rings. The van der Waals surface area contributed by atoms with Crippen LogP contribution < -0.4 is 21.3 Å². The largest absolute Gasteiger partial charge is 0.338 e. The van der Waals surface area contributed by atoms with E-state index in [0.29, 0.717) is 34.6 Å². The maximum absolute atomic E-state index is 4.95. The lowest BCUT2D eigenvalue weighted by atomic mass is 10.2. The first-order valence-electron chi connectivity index (χ1n) is 13.8. The van der Waals surface area contributed by atoms with Gasteiger partial charge in [-0.2, -0.15) is 9.97 Å². The van der Waals surface area contributed by atoms with Gasteiger partial charge in [-0.25, -0.2) is 9.97 Å². The van der Waals surface area contributed by atoms with Crippen LogP contribution in [-0.4, -0.2) is 19.9 Å². The van der Waals surface area contributed by atoms with E-state index in [0.717, 1.165) is 45.0 Å². The third-order valence-electron chi connectivity index (χ3n) is 7.12. The molecule has 0 bridgehead atoms. The predicted octanol–water partition coefficient (Wildman–Crippen LogP) is 8.63. The van der Waals surface area contributed by atoms with Crippen LogP contribution in [0, 0.1) is 27.7 Å². The summed E-state index contributed by atoms with van der Waals surface area (Å²) < 4.78 is 0. The van der Waals surface area contributed by atoms with Crippen LogP contribution in [-0.2, 0) is 0 Å². The van der Waals surface area contributed by atoms with Crippen molar-refractivity contribution < 1.29 is 0 Å². The molecule has 0 unspecified atom stereocenters. The van der Waals surface area contributed by atoms with Crippen LogP contribution in [0.3, 0.4) is 0 Å². The van der Waals surface area contributed by atoms with Crippen molar-refractivity contribution in [1.29, 1.82) is 0 Å². The Hall–Kier alpha value is -5.50. The lowest BCUT2D eigenvalue weighted by molar-refractivity contribution is 1.14. The average Bonchev–Trinajstić information content (AvgIpc) is 2.98. The first-order chi connectivity index (χ1) is 20.4. The number of hydrogen-bond donors (Lipinski definition) is 4. The van der Waals surface area contributed by atoms with Gasteiger partial charge in [-0.3, -0.25) is 0 Å². The van der Waals surface area contributed by atoms with Gasteiger partial charge in [0, 0.05) is 22.7 Å². The fourth-order valence-corrected chi connectivity index (χ4v) is 4.65. The lowest BCUT2D eigenvalue weighted by Crippen LogP contribution is -2.09. The smallest absolute Gasteiger partial charge is 0.230 e. The Labute approximate surface area is 245 Å². The van der Waals surface area contributed by atoms with E-state index in [-0.39, 0.29) is 0 Å². The normalized spacial score (nSPS) is 10.9. The van der Waals surface area contributed by atoms with Crippen LogP contribution in [0.2, 0.25) is 0 Å².